The second kappa shape index (κ2) is 7.61. The zero-order valence-electron chi connectivity index (χ0n) is 13.9. The predicted octanol–water partition coefficient (Wildman–Crippen LogP) is 1.90. The number of nitrogens with one attached hydrogen (secondary N) is 1. The highest BCUT2D eigenvalue weighted by Gasteiger charge is 2.08. The molecule has 2 aromatic carbocycles. The lowest BCUT2D eigenvalue weighted by atomic mass is 10.2. The summed E-state index contributed by atoms with van der Waals surface area (Å²) in [5.41, 5.74) is 0.887. The van der Waals surface area contributed by atoms with Crippen molar-refractivity contribution < 1.29 is 9.53 Å². The molecular weight excluding hydrogens is 318 g/mol. The van der Waals surface area contributed by atoms with Crippen molar-refractivity contribution in [2.45, 2.75) is 13.5 Å². The molecule has 25 heavy (non-hydrogen) atoms. The van der Waals surface area contributed by atoms with Crippen molar-refractivity contribution in [2.24, 2.45) is 0 Å². The van der Waals surface area contributed by atoms with E-state index in [1.54, 1.807) is 18.3 Å². The van der Waals surface area contributed by atoms with Gasteiger partial charge in [0.15, 0.2) is 0 Å². The molecule has 3 aromatic rings. The summed E-state index contributed by atoms with van der Waals surface area (Å²) in [5, 5.41) is 8.08. The predicted molar refractivity (Wildman–Crippen MR) is 95.7 cm³/mol. The molecule has 0 spiro atoms. The third-order valence-electron chi connectivity index (χ3n) is 3.77. The third-order valence-corrected chi connectivity index (χ3v) is 3.77. The summed E-state index contributed by atoms with van der Waals surface area (Å²) < 4.78 is 6.71. The fourth-order valence-electron chi connectivity index (χ4n) is 2.43. The highest BCUT2D eigenvalue weighted by molar-refractivity contribution is 5.81. The SMILES string of the molecule is Cc1ccc(OCCNC(=O)Cn2ncc3ccccc3c2=O)cc1. The Hall–Kier alpha value is -3.15. The summed E-state index contributed by atoms with van der Waals surface area (Å²) in [5.74, 6) is 0.477. The number of amides is 1. The van der Waals surface area contributed by atoms with E-state index < -0.39 is 0 Å². The molecule has 0 fully saturated rings. The first-order valence-corrected chi connectivity index (χ1v) is 8.04. The summed E-state index contributed by atoms with van der Waals surface area (Å²) in [6, 6.07) is 14.9. The molecule has 0 aliphatic rings. The summed E-state index contributed by atoms with van der Waals surface area (Å²) in [7, 11) is 0. The lowest BCUT2D eigenvalue weighted by molar-refractivity contribution is -0.122. The molecule has 6 heteroatoms. The first kappa shape index (κ1) is 16.7. The Labute approximate surface area is 145 Å². The summed E-state index contributed by atoms with van der Waals surface area (Å²) >= 11 is 0. The Morgan fingerprint density at radius 2 is 1.92 bits per heavy atom. The molecule has 128 valence electrons. The maximum absolute atomic E-state index is 12.3. The van der Waals surface area contributed by atoms with E-state index in [0.29, 0.717) is 18.5 Å². The number of hydrogen-bond donors (Lipinski definition) is 1. The number of carbonyl (C=O) groups excluding carboxylic acids is 1. The van der Waals surface area contributed by atoms with E-state index in [2.05, 4.69) is 10.4 Å². The lowest BCUT2D eigenvalue weighted by Gasteiger charge is -2.09. The summed E-state index contributed by atoms with van der Waals surface area (Å²) in [4.78, 5) is 24.3. The number of fused-ring (bicyclic) bond motifs is 1. The summed E-state index contributed by atoms with van der Waals surface area (Å²) in [6.07, 6.45) is 1.59. The van der Waals surface area contributed by atoms with Crippen molar-refractivity contribution in [3.05, 3.63) is 70.6 Å². The minimum atomic E-state index is -0.280. The van der Waals surface area contributed by atoms with Crippen molar-refractivity contribution in [2.75, 3.05) is 13.2 Å². The van der Waals surface area contributed by atoms with Gasteiger partial charge in [-0.2, -0.15) is 5.10 Å². The number of nitrogens with zero attached hydrogens (tertiary/aromatic N) is 2. The molecular formula is C19H19N3O3. The largest absolute Gasteiger partial charge is 0.492 e. The van der Waals surface area contributed by atoms with E-state index in [0.717, 1.165) is 16.7 Å². The quantitative estimate of drug-likeness (QED) is 0.697. The molecule has 0 unspecified atom stereocenters. The van der Waals surface area contributed by atoms with E-state index in [1.165, 1.54) is 4.68 Å². The van der Waals surface area contributed by atoms with Crippen LogP contribution in [-0.2, 0) is 11.3 Å². The number of benzene rings is 2. The van der Waals surface area contributed by atoms with Crippen LogP contribution in [0.1, 0.15) is 5.56 Å². The molecule has 0 aliphatic carbocycles. The van der Waals surface area contributed by atoms with Crippen molar-refractivity contribution in [1.82, 2.24) is 15.1 Å². The van der Waals surface area contributed by atoms with Gasteiger partial charge in [-0.25, -0.2) is 4.68 Å². The second-order valence-electron chi connectivity index (χ2n) is 5.71. The normalized spacial score (nSPS) is 10.6. The van der Waals surface area contributed by atoms with Gasteiger partial charge in [-0.05, 0) is 25.1 Å². The van der Waals surface area contributed by atoms with Crippen LogP contribution < -0.4 is 15.6 Å². The number of rotatable bonds is 6. The van der Waals surface area contributed by atoms with Gasteiger partial charge >= 0.3 is 0 Å². The van der Waals surface area contributed by atoms with Crippen molar-refractivity contribution in [3.63, 3.8) is 0 Å². The number of aromatic nitrogens is 2. The van der Waals surface area contributed by atoms with Gasteiger partial charge in [0.1, 0.15) is 18.9 Å². The Balaban J connectivity index is 1.52. The van der Waals surface area contributed by atoms with Crippen LogP contribution >= 0.6 is 0 Å². The maximum Gasteiger partial charge on any atom is 0.275 e. The average molecular weight is 337 g/mol. The number of carbonyl (C=O) groups is 1. The van der Waals surface area contributed by atoms with Crippen LogP contribution in [0.25, 0.3) is 10.8 Å². The fraction of sp³-hybridized carbons (Fsp3) is 0.211. The second-order valence-corrected chi connectivity index (χ2v) is 5.71. The highest BCUT2D eigenvalue weighted by Crippen LogP contribution is 2.10. The monoisotopic (exact) mass is 337 g/mol. The molecule has 0 radical (unpaired) electrons. The number of aryl methyl sites for hydroxylation is 1. The van der Waals surface area contributed by atoms with E-state index in [-0.39, 0.29) is 18.0 Å². The Morgan fingerprint density at radius 1 is 1.16 bits per heavy atom. The maximum atomic E-state index is 12.3. The van der Waals surface area contributed by atoms with Crippen LogP contribution in [0.2, 0.25) is 0 Å². The molecule has 6 nitrogen and oxygen atoms in total. The molecule has 0 atom stereocenters. The smallest absolute Gasteiger partial charge is 0.275 e. The molecule has 1 heterocycles. The minimum absolute atomic E-state index is 0.117. The van der Waals surface area contributed by atoms with Gasteiger partial charge in [0, 0.05) is 5.39 Å². The van der Waals surface area contributed by atoms with Gasteiger partial charge in [0.05, 0.1) is 18.1 Å². The minimum Gasteiger partial charge on any atom is -0.492 e. The standard InChI is InChI=1S/C19H19N3O3/c1-14-6-8-16(9-7-14)25-11-10-20-18(23)13-22-19(24)17-5-3-2-4-15(17)12-21-22/h2-9,12H,10-11,13H2,1H3,(H,20,23). The van der Waals surface area contributed by atoms with Crippen molar-refractivity contribution in [1.29, 1.82) is 0 Å². The first-order valence-electron chi connectivity index (χ1n) is 8.04. The average Bonchev–Trinajstić information content (AvgIpc) is 2.63. The van der Waals surface area contributed by atoms with Crippen LogP contribution in [-0.4, -0.2) is 28.8 Å². The van der Waals surface area contributed by atoms with Crippen molar-refractivity contribution in [3.8, 4) is 5.75 Å². The summed E-state index contributed by atoms with van der Waals surface area (Å²) in [6.45, 7) is 2.60. The molecule has 0 aliphatic heterocycles. The lowest BCUT2D eigenvalue weighted by Crippen LogP contribution is -2.35. The molecule has 0 bridgehead atoms. The Morgan fingerprint density at radius 3 is 2.72 bits per heavy atom. The van der Waals surface area contributed by atoms with Gasteiger partial charge in [-0.15, -0.1) is 0 Å². The third kappa shape index (κ3) is 4.23. The zero-order chi connectivity index (χ0) is 17.6. The van der Waals surface area contributed by atoms with Crippen LogP contribution in [0.5, 0.6) is 5.75 Å². The molecule has 0 saturated heterocycles. The Bertz CT molecular complexity index is 933. The van der Waals surface area contributed by atoms with Gasteiger partial charge in [-0.1, -0.05) is 35.9 Å². The van der Waals surface area contributed by atoms with Gasteiger partial charge in [-0.3, -0.25) is 9.59 Å². The first-order chi connectivity index (χ1) is 12.1. The van der Waals surface area contributed by atoms with Crippen LogP contribution in [0.15, 0.2) is 59.5 Å². The van der Waals surface area contributed by atoms with E-state index in [9.17, 15) is 9.59 Å². The molecule has 0 saturated carbocycles. The van der Waals surface area contributed by atoms with Crippen LogP contribution in [0.4, 0.5) is 0 Å². The van der Waals surface area contributed by atoms with Crippen LogP contribution in [0, 0.1) is 6.92 Å². The van der Waals surface area contributed by atoms with Crippen molar-refractivity contribution >= 4 is 16.7 Å². The fourth-order valence-corrected chi connectivity index (χ4v) is 2.43. The molecule has 1 amide bonds. The van der Waals surface area contributed by atoms with E-state index >= 15 is 0 Å². The van der Waals surface area contributed by atoms with Gasteiger partial charge in [0.2, 0.25) is 5.91 Å². The zero-order valence-corrected chi connectivity index (χ0v) is 13.9. The number of ether oxygens (including phenoxy) is 1. The van der Waals surface area contributed by atoms with E-state index in [1.807, 2.05) is 43.3 Å². The molecule has 3 rings (SSSR count). The molecule has 1 aromatic heterocycles. The van der Waals surface area contributed by atoms with E-state index in [4.69, 9.17) is 4.74 Å². The highest BCUT2D eigenvalue weighted by atomic mass is 16.5. The number of hydrogen-bond acceptors (Lipinski definition) is 4. The van der Waals surface area contributed by atoms with Gasteiger partial charge < -0.3 is 10.1 Å². The molecule has 1 N–H and O–H groups in total. The topological polar surface area (TPSA) is 73.2 Å². The Kier molecular flexibility index (Phi) is 5.09. The van der Waals surface area contributed by atoms with Gasteiger partial charge in [0.25, 0.3) is 5.56 Å². The van der Waals surface area contributed by atoms with Crippen LogP contribution in [0.3, 0.4) is 0 Å².